The van der Waals surface area contributed by atoms with Gasteiger partial charge in [-0.05, 0) is 0 Å². The van der Waals surface area contributed by atoms with Crippen molar-refractivity contribution < 1.29 is 18.3 Å². The van der Waals surface area contributed by atoms with Gasteiger partial charge in [-0.2, -0.15) is 5.10 Å². The molecule has 1 rings (SSSR count). The first kappa shape index (κ1) is 9.68. The number of carboxylic acid groups (broad SMARTS) is 1. The first-order valence-electron chi connectivity index (χ1n) is 3.12. The van der Waals surface area contributed by atoms with Crippen LogP contribution in [0.2, 0.25) is 0 Å². The number of nitrogens with zero attached hydrogens (tertiary/aromatic N) is 2. The Labute approximate surface area is 73.8 Å². The minimum atomic E-state index is -4.07. The molecule has 0 saturated heterocycles. The van der Waals surface area contributed by atoms with Gasteiger partial charge < -0.3 is 5.11 Å². The lowest BCUT2D eigenvalue weighted by Crippen LogP contribution is -2.16. The number of aromatic nitrogens is 2. The molecule has 1 aromatic rings. The number of rotatable bonds is 2. The minimum Gasteiger partial charge on any atom is -0.478 e. The molecule has 0 aliphatic heterocycles. The molecule has 0 spiro atoms. The Morgan fingerprint density at radius 3 is 2.54 bits per heavy atom. The molecule has 0 aromatic carbocycles. The number of sulfonamides is 1. The molecule has 0 bridgehead atoms. The van der Waals surface area contributed by atoms with Crippen molar-refractivity contribution in [3.8, 4) is 0 Å². The van der Waals surface area contributed by atoms with Crippen molar-refractivity contribution in [2.75, 3.05) is 0 Å². The zero-order chi connectivity index (χ0) is 10.2. The fourth-order valence-electron chi connectivity index (χ4n) is 0.825. The Morgan fingerprint density at radius 1 is 1.69 bits per heavy atom. The molecule has 8 heteroatoms. The van der Waals surface area contributed by atoms with Crippen molar-refractivity contribution in [3.63, 3.8) is 0 Å². The molecule has 7 nitrogen and oxygen atoms in total. The Balaban J connectivity index is 3.46. The molecule has 0 atom stereocenters. The summed E-state index contributed by atoms with van der Waals surface area (Å²) in [6, 6.07) is 0. The van der Waals surface area contributed by atoms with E-state index in [2.05, 4.69) is 5.10 Å². The summed E-state index contributed by atoms with van der Waals surface area (Å²) in [5.74, 6) is -1.38. The fourth-order valence-corrected chi connectivity index (χ4v) is 1.51. The molecule has 1 aromatic heterocycles. The van der Waals surface area contributed by atoms with Crippen LogP contribution in [0.1, 0.15) is 10.4 Å². The third-order valence-electron chi connectivity index (χ3n) is 1.29. The van der Waals surface area contributed by atoms with Gasteiger partial charge >= 0.3 is 5.97 Å². The van der Waals surface area contributed by atoms with Gasteiger partial charge in [-0.1, -0.05) is 0 Å². The average Bonchev–Trinajstić information content (AvgIpc) is 2.29. The highest BCUT2D eigenvalue weighted by molar-refractivity contribution is 7.89. The van der Waals surface area contributed by atoms with Gasteiger partial charge in [0.1, 0.15) is 5.56 Å². The van der Waals surface area contributed by atoms with E-state index in [1.165, 1.54) is 7.05 Å². The normalized spacial score (nSPS) is 11.5. The van der Waals surface area contributed by atoms with Gasteiger partial charge in [0.2, 0.25) is 5.03 Å². The second kappa shape index (κ2) is 2.82. The van der Waals surface area contributed by atoms with Crippen LogP contribution in [-0.2, 0) is 17.1 Å². The maximum atomic E-state index is 10.8. The molecule has 0 radical (unpaired) electrons. The third-order valence-corrected chi connectivity index (χ3v) is 2.14. The Hall–Kier alpha value is -1.41. The molecular weight excluding hydrogens is 198 g/mol. The van der Waals surface area contributed by atoms with Crippen LogP contribution in [0.5, 0.6) is 0 Å². The monoisotopic (exact) mass is 205 g/mol. The van der Waals surface area contributed by atoms with Crippen molar-refractivity contribution >= 4 is 16.0 Å². The molecule has 1 heterocycles. The summed E-state index contributed by atoms with van der Waals surface area (Å²) in [5, 5.41) is 16.1. The van der Waals surface area contributed by atoms with Gasteiger partial charge in [-0.15, -0.1) is 0 Å². The van der Waals surface area contributed by atoms with Crippen LogP contribution >= 0.6 is 0 Å². The van der Waals surface area contributed by atoms with E-state index in [9.17, 15) is 13.2 Å². The standard InChI is InChI=1S/C5H7N3O4S/c1-8-2-3(5(9)10)4(7-8)13(6,11)12/h2H,1H3,(H,9,10)(H2,6,11,12). The summed E-state index contributed by atoms with van der Waals surface area (Å²) in [4.78, 5) is 10.5. The van der Waals surface area contributed by atoms with Crippen LogP contribution in [0, 0.1) is 0 Å². The van der Waals surface area contributed by atoms with Crippen molar-refractivity contribution in [2.24, 2.45) is 12.2 Å². The predicted octanol–water partition coefficient (Wildman–Crippen LogP) is -1.23. The van der Waals surface area contributed by atoms with Crippen molar-refractivity contribution in [1.29, 1.82) is 0 Å². The Bertz CT molecular complexity index is 446. The number of hydrogen-bond donors (Lipinski definition) is 2. The summed E-state index contributed by atoms with van der Waals surface area (Å²) in [5.41, 5.74) is -0.426. The SMILES string of the molecule is Cn1cc(C(=O)O)c(S(N)(=O)=O)n1. The van der Waals surface area contributed by atoms with Crippen LogP contribution in [0.4, 0.5) is 0 Å². The van der Waals surface area contributed by atoms with E-state index in [1.807, 2.05) is 0 Å². The van der Waals surface area contributed by atoms with Gasteiger partial charge in [0.15, 0.2) is 0 Å². The highest BCUT2D eigenvalue weighted by atomic mass is 32.2. The summed E-state index contributed by atoms with van der Waals surface area (Å²) in [7, 11) is -2.67. The van der Waals surface area contributed by atoms with Crippen LogP contribution in [0.3, 0.4) is 0 Å². The summed E-state index contributed by atoms with van der Waals surface area (Å²) < 4.78 is 22.7. The first-order chi connectivity index (χ1) is 5.82. The number of hydrogen-bond acceptors (Lipinski definition) is 4. The van der Waals surface area contributed by atoms with E-state index in [0.717, 1.165) is 10.9 Å². The molecule has 0 saturated carbocycles. The van der Waals surface area contributed by atoms with Gasteiger partial charge in [0.05, 0.1) is 0 Å². The summed E-state index contributed by atoms with van der Waals surface area (Å²) in [6.07, 6.45) is 1.07. The Morgan fingerprint density at radius 2 is 2.23 bits per heavy atom. The minimum absolute atomic E-state index is 0.426. The van der Waals surface area contributed by atoms with E-state index in [-0.39, 0.29) is 0 Å². The predicted molar refractivity (Wildman–Crippen MR) is 41.5 cm³/mol. The maximum absolute atomic E-state index is 10.8. The number of carbonyl (C=O) groups is 1. The zero-order valence-electron chi connectivity index (χ0n) is 6.63. The second-order valence-electron chi connectivity index (χ2n) is 2.37. The van der Waals surface area contributed by atoms with Gasteiger partial charge in [0, 0.05) is 13.2 Å². The first-order valence-corrected chi connectivity index (χ1v) is 4.66. The molecule has 0 aliphatic carbocycles. The van der Waals surface area contributed by atoms with E-state index < -0.39 is 26.6 Å². The van der Waals surface area contributed by atoms with Crippen LogP contribution in [-0.4, -0.2) is 29.3 Å². The van der Waals surface area contributed by atoms with E-state index in [1.54, 1.807) is 0 Å². The molecule has 0 amide bonds. The van der Waals surface area contributed by atoms with Crippen molar-refractivity contribution in [1.82, 2.24) is 9.78 Å². The molecule has 0 aliphatic rings. The van der Waals surface area contributed by atoms with Gasteiger partial charge in [-0.3, -0.25) is 4.68 Å². The number of nitrogens with two attached hydrogens (primary N) is 1. The highest BCUT2D eigenvalue weighted by Crippen LogP contribution is 2.10. The van der Waals surface area contributed by atoms with Crippen molar-refractivity contribution in [3.05, 3.63) is 11.8 Å². The van der Waals surface area contributed by atoms with Gasteiger partial charge in [0.25, 0.3) is 10.0 Å². The largest absolute Gasteiger partial charge is 0.478 e. The maximum Gasteiger partial charge on any atom is 0.340 e. The van der Waals surface area contributed by atoms with Crippen LogP contribution < -0.4 is 5.14 Å². The molecular formula is C5H7N3O4S. The lowest BCUT2D eigenvalue weighted by atomic mass is 10.4. The lowest BCUT2D eigenvalue weighted by molar-refractivity contribution is 0.0692. The van der Waals surface area contributed by atoms with E-state index >= 15 is 0 Å². The van der Waals surface area contributed by atoms with Crippen LogP contribution in [0.15, 0.2) is 11.2 Å². The zero-order valence-corrected chi connectivity index (χ0v) is 7.45. The molecule has 0 fully saturated rings. The number of primary sulfonamides is 1. The highest BCUT2D eigenvalue weighted by Gasteiger charge is 2.22. The van der Waals surface area contributed by atoms with Crippen molar-refractivity contribution in [2.45, 2.75) is 5.03 Å². The van der Waals surface area contributed by atoms with Crippen LogP contribution in [0.25, 0.3) is 0 Å². The topological polar surface area (TPSA) is 115 Å². The van der Waals surface area contributed by atoms with E-state index in [0.29, 0.717) is 0 Å². The number of aromatic carboxylic acids is 1. The van der Waals surface area contributed by atoms with E-state index in [4.69, 9.17) is 10.2 Å². The lowest BCUT2D eigenvalue weighted by Gasteiger charge is -1.92. The smallest absolute Gasteiger partial charge is 0.340 e. The number of carboxylic acids is 1. The molecule has 13 heavy (non-hydrogen) atoms. The average molecular weight is 205 g/mol. The summed E-state index contributed by atoms with van der Waals surface area (Å²) in [6.45, 7) is 0. The fraction of sp³-hybridized carbons (Fsp3) is 0.200. The molecule has 72 valence electrons. The quantitative estimate of drug-likeness (QED) is 0.626. The Kier molecular flexibility index (Phi) is 2.10. The molecule has 3 N–H and O–H groups in total. The number of aryl methyl sites for hydroxylation is 1. The molecule has 0 unspecified atom stereocenters. The second-order valence-corrected chi connectivity index (χ2v) is 3.85. The van der Waals surface area contributed by atoms with Gasteiger partial charge in [-0.25, -0.2) is 18.4 Å². The summed E-state index contributed by atoms with van der Waals surface area (Å²) >= 11 is 0. The third kappa shape index (κ3) is 1.84.